The van der Waals surface area contributed by atoms with Gasteiger partial charge in [0.05, 0.1) is 11.9 Å². The van der Waals surface area contributed by atoms with Crippen LogP contribution in [0.2, 0.25) is 0 Å². The molecule has 13 heavy (non-hydrogen) atoms. The third kappa shape index (κ3) is 1.61. The number of hydrogen-bond acceptors (Lipinski definition) is 4. The summed E-state index contributed by atoms with van der Waals surface area (Å²) in [6.45, 7) is 0. The molecule has 1 aliphatic rings. The molecule has 4 nitrogen and oxygen atoms in total. The van der Waals surface area contributed by atoms with Crippen LogP contribution in [0.15, 0.2) is 41.6 Å². The van der Waals surface area contributed by atoms with E-state index in [1.165, 1.54) is 0 Å². The molecule has 0 atom stereocenters. The number of phenols is 1. The molecule has 1 aromatic rings. The molecule has 2 rings (SSSR count). The van der Waals surface area contributed by atoms with Crippen molar-refractivity contribution >= 4 is 11.9 Å². The zero-order valence-corrected chi connectivity index (χ0v) is 6.88. The van der Waals surface area contributed by atoms with Crippen molar-refractivity contribution in [1.82, 2.24) is 5.43 Å². The van der Waals surface area contributed by atoms with E-state index in [9.17, 15) is 5.11 Å². The second-order valence-electron chi connectivity index (χ2n) is 2.58. The first kappa shape index (κ1) is 7.67. The van der Waals surface area contributed by atoms with Crippen molar-refractivity contribution < 1.29 is 5.11 Å². The maximum Gasteiger partial charge on any atom is 0.117 e. The summed E-state index contributed by atoms with van der Waals surface area (Å²) in [5, 5.41) is 14.8. The van der Waals surface area contributed by atoms with Crippen molar-refractivity contribution in [2.75, 3.05) is 5.12 Å². The lowest BCUT2D eigenvalue weighted by Crippen LogP contribution is -2.30. The summed E-state index contributed by atoms with van der Waals surface area (Å²) in [5.74, 6) is 0.226. The Morgan fingerprint density at radius 2 is 2.31 bits per heavy atom. The molecule has 0 bridgehead atoms. The Kier molecular flexibility index (Phi) is 1.88. The fraction of sp³-hybridized carbons (Fsp3) is 0. The Bertz CT molecular complexity index is 360. The topological polar surface area (TPSA) is 47.9 Å². The van der Waals surface area contributed by atoms with E-state index in [0.717, 1.165) is 5.69 Å². The second kappa shape index (κ2) is 3.18. The number of benzene rings is 1. The predicted molar refractivity (Wildman–Crippen MR) is 51.4 cm³/mol. The van der Waals surface area contributed by atoms with E-state index >= 15 is 0 Å². The highest BCUT2D eigenvalue weighted by Gasteiger charge is 2.03. The average Bonchev–Trinajstić information content (AvgIpc) is 2.19. The Morgan fingerprint density at radius 1 is 1.38 bits per heavy atom. The van der Waals surface area contributed by atoms with E-state index in [2.05, 4.69) is 10.5 Å². The summed E-state index contributed by atoms with van der Waals surface area (Å²) < 4.78 is 0. The number of aromatic hydroxyl groups is 1. The molecule has 0 radical (unpaired) electrons. The Morgan fingerprint density at radius 3 is 3.00 bits per heavy atom. The highest BCUT2D eigenvalue weighted by Crippen LogP contribution is 2.19. The highest BCUT2D eigenvalue weighted by atomic mass is 16.3. The van der Waals surface area contributed by atoms with Crippen LogP contribution < -0.4 is 10.5 Å². The van der Waals surface area contributed by atoms with Gasteiger partial charge in [0.15, 0.2) is 0 Å². The lowest BCUT2D eigenvalue weighted by atomic mass is 10.3. The fourth-order valence-corrected chi connectivity index (χ4v) is 1.06. The molecular formula is C9H9N3O. The lowest BCUT2D eigenvalue weighted by Gasteiger charge is -2.20. The molecular weight excluding hydrogens is 166 g/mol. The van der Waals surface area contributed by atoms with Crippen molar-refractivity contribution in [2.45, 2.75) is 0 Å². The zero-order valence-electron chi connectivity index (χ0n) is 6.88. The van der Waals surface area contributed by atoms with Crippen molar-refractivity contribution in [3.8, 4) is 5.75 Å². The molecule has 66 valence electrons. The number of hydrazone groups is 1. The smallest absolute Gasteiger partial charge is 0.117 e. The molecule has 4 heteroatoms. The first-order valence-corrected chi connectivity index (χ1v) is 3.91. The quantitative estimate of drug-likeness (QED) is 0.674. The van der Waals surface area contributed by atoms with Crippen molar-refractivity contribution in [1.29, 1.82) is 0 Å². The number of allylic oxidation sites excluding steroid dienone is 1. The monoisotopic (exact) mass is 175 g/mol. The minimum Gasteiger partial charge on any atom is -0.508 e. The minimum atomic E-state index is 0.226. The maximum absolute atomic E-state index is 9.22. The van der Waals surface area contributed by atoms with Crippen LogP contribution in [0.1, 0.15) is 0 Å². The van der Waals surface area contributed by atoms with Crippen LogP contribution in [-0.2, 0) is 0 Å². The molecule has 0 saturated heterocycles. The predicted octanol–water partition coefficient (Wildman–Crippen LogP) is 1.22. The van der Waals surface area contributed by atoms with Gasteiger partial charge in [0.2, 0.25) is 0 Å². The van der Waals surface area contributed by atoms with Gasteiger partial charge in [0, 0.05) is 12.3 Å². The Balaban J connectivity index is 2.25. The number of rotatable bonds is 1. The van der Waals surface area contributed by atoms with Crippen LogP contribution >= 0.6 is 0 Å². The standard InChI is InChI=1S/C9H9N3O/c13-9-4-1-3-8(7-9)12-10-5-2-6-11-12/h1-7,10,13H. The second-order valence-corrected chi connectivity index (χ2v) is 2.58. The molecule has 0 amide bonds. The zero-order chi connectivity index (χ0) is 9.10. The molecule has 0 aromatic heterocycles. The summed E-state index contributed by atoms with van der Waals surface area (Å²) in [6, 6.07) is 6.86. The molecule has 0 unspecified atom stereocenters. The third-order valence-corrected chi connectivity index (χ3v) is 1.64. The van der Waals surface area contributed by atoms with Crippen LogP contribution in [0.5, 0.6) is 5.75 Å². The van der Waals surface area contributed by atoms with Gasteiger partial charge >= 0.3 is 0 Å². The summed E-state index contributed by atoms with van der Waals surface area (Å²) in [5.41, 5.74) is 3.70. The van der Waals surface area contributed by atoms with E-state index in [1.54, 1.807) is 41.8 Å². The van der Waals surface area contributed by atoms with Gasteiger partial charge in [-0.25, -0.2) is 0 Å². The van der Waals surface area contributed by atoms with Gasteiger partial charge in [0.25, 0.3) is 0 Å². The first-order valence-electron chi connectivity index (χ1n) is 3.91. The van der Waals surface area contributed by atoms with Crippen LogP contribution in [0, 0.1) is 0 Å². The van der Waals surface area contributed by atoms with Gasteiger partial charge in [-0.15, -0.1) is 0 Å². The van der Waals surface area contributed by atoms with Gasteiger partial charge in [-0.1, -0.05) is 6.07 Å². The van der Waals surface area contributed by atoms with Gasteiger partial charge in [-0.05, 0) is 18.2 Å². The molecule has 0 fully saturated rings. The number of phenolic OH excluding ortho intramolecular Hbond substituents is 1. The number of anilines is 1. The van der Waals surface area contributed by atoms with Gasteiger partial charge in [-0.2, -0.15) is 10.2 Å². The van der Waals surface area contributed by atoms with Crippen molar-refractivity contribution in [3.63, 3.8) is 0 Å². The van der Waals surface area contributed by atoms with E-state index < -0.39 is 0 Å². The molecule has 2 N–H and O–H groups in total. The minimum absolute atomic E-state index is 0.226. The van der Waals surface area contributed by atoms with Crippen LogP contribution in [-0.4, -0.2) is 11.3 Å². The number of nitrogens with zero attached hydrogens (tertiary/aromatic N) is 2. The van der Waals surface area contributed by atoms with Crippen molar-refractivity contribution in [2.24, 2.45) is 5.10 Å². The van der Waals surface area contributed by atoms with Crippen LogP contribution in [0.3, 0.4) is 0 Å². The van der Waals surface area contributed by atoms with E-state index in [0.29, 0.717) is 0 Å². The summed E-state index contributed by atoms with van der Waals surface area (Å²) >= 11 is 0. The lowest BCUT2D eigenvalue weighted by molar-refractivity contribution is 0.475. The molecule has 0 saturated carbocycles. The molecule has 1 aliphatic heterocycles. The van der Waals surface area contributed by atoms with Crippen molar-refractivity contribution in [3.05, 3.63) is 36.5 Å². The molecule has 1 heterocycles. The number of hydrazine groups is 1. The molecule has 0 spiro atoms. The Hall–Kier alpha value is -1.97. The molecule has 0 aliphatic carbocycles. The number of nitrogens with one attached hydrogen (secondary N) is 1. The normalized spacial score (nSPS) is 14.3. The van der Waals surface area contributed by atoms with Crippen LogP contribution in [0.25, 0.3) is 0 Å². The maximum atomic E-state index is 9.22. The first-order chi connectivity index (χ1) is 6.36. The van der Waals surface area contributed by atoms with E-state index in [4.69, 9.17) is 0 Å². The largest absolute Gasteiger partial charge is 0.508 e. The summed E-state index contributed by atoms with van der Waals surface area (Å²) in [4.78, 5) is 0. The fourth-order valence-electron chi connectivity index (χ4n) is 1.06. The van der Waals surface area contributed by atoms with Crippen LogP contribution in [0.4, 0.5) is 5.69 Å². The summed E-state index contributed by atoms with van der Waals surface area (Å²) in [7, 11) is 0. The molecule has 1 aromatic carbocycles. The van der Waals surface area contributed by atoms with Gasteiger partial charge in [0.1, 0.15) is 5.75 Å². The Labute approximate surface area is 75.8 Å². The summed E-state index contributed by atoms with van der Waals surface area (Å²) in [6.07, 6.45) is 5.22. The van der Waals surface area contributed by atoms with Gasteiger partial charge < -0.3 is 5.11 Å². The third-order valence-electron chi connectivity index (χ3n) is 1.64. The highest BCUT2D eigenvalue weighted by molar-refractivity contribution is 5.73. The average molecular weight is 175 g/mol. The SMILES string of the molecule is Oc1cccc(N2N=CC=CN2)c1. The van der Waals surface area contributed by atoms with Gasteiger partial charge in [-0.3, -0.25) is 5.43 Å². The number of hydrogen-bond donors (Lipinski definition) is 2. The van der Waals surface area contributed by atoms with E-state index in [1.807, 2.05) is 6.07 Å². The van der Waals surface area contributed by atoms with E-state index in [-0.39, 0.29) is 5.75 Å².